The monoisotopic (exact) mass is 430 g/mol. The molecular formula is C17H14ClF3N4O4. The van der Waals surface area contributed by atoms with E-state index in [-0.39, 0.29) is 28.2 Å². The number of carbonyl (C=O) groups is 1. The number of ether oxygens (including phenoxy) is 3. The van der Waals surface area contributed by atoms with Crippen LogP contribution < -0.4 is 9.47 Å². The second kappa shape index (κ2) is 7.74. The molecule has 0 bridgehead atoms. The maximum absolute atomic E-state index is 12.5. The summed E-state index contributed by atoms with van der Waals surface area (Å²) in [5.41, 5.74) is 1.38. The van der Waals surface area contributed by atoms with Gasteiger partial charge >= 0.3 is 12.1 Å². The van der Waals surface area contributed by atoms with Gasteiger partial charge in [-0.3, -0.25) is 0 Å². The number of fused-ring (bicyclic) bond motifs is 1. The molecule has 0 aliphatic rings. The quantitative estimate of drug-likeness (QED) is 0.567. The second-order valence-corrected chi connectivity index (χ2v) is 6.34. The molecule has 3 aromatic rings. The summed E-state index contributed by atoms with van der Waals surface area (Å²) in [7, 11) is 1.20. The maximum Gasteiger partial charge on any atom is 0.422 e. The summed E-state index contributed by atoms with van der Waals surface area (Å²) in [6, 6.07) is 2.76. The first-order chi connectivity index (χ1) is 13.6. The summed E-state index contributed by atoms with van der Waals surface area (Å²) in [6.07, 6.45) is -3.33. The molecule has 8 nitrogen and oxygen atoms in total. The van der Waals surface area contributed by atoms with Crippen LogP contribution in [0.4, 0.5) is 13.2 Å². The van der Waals surface area contributed by atoms with Gasteiger partial charge in [0.15, 0.2) is 23.8 Å². The van der Waals surface area contributed by atoms with Gasteiger partial charge in [0.1, 0.15) is 0 Å². The van der Waals surface area contributed by atoms with Gasteiger partial charge in [-0.1, -0.05) is 11.6 Å². The summed E-state index contributed by atoms with van der Waals surface area (Å²) < 4.78 is 54.0. The van der Waals surface area contributed by atoms with Gasteiger partial charge in [-0.05, 0) is 25.5 Å². The molecule has 0 amide bonds. The van der Waals surface area contributed by atoms with Crippen LogP contribution in [-0.2, 0) is 4.74 Å². The van der Waals surface area contributed by atoms with Crippen molar-refractivity contribution in [2.24, 2.45) is 0 Å². The molecule has 0 saturated heterocycles. The number of hydrogen-bond acceptors (Lipinski definition) is 7. The first-order valence-corrected chi connectivity index (χ1v) is 8.45. The number of aromatic nitrogens is 4. The van der Waals surface area contributed by atoms with E-state index in [9.17, 15) is 18.0 Å². The number of pyridine rings is 2. The van der Waals surface area contributed by atoms with Crippen molar-refractivity contribution in [2.45, 2.75) is 20.0 Å². The van der Waals surface area contributed by atoms with Gasteiger partial charge in [0.05, 0.1) is 17.8 Å². The number of nitrogens with zero attached hydrogens (tertiary/aromatic N) is 4. The molecule has 3 aromatic heterocycles. The van der Waals surface area contributed by atoms with Crippen molar-refractivity contribution in [3.8, 4) is 17.4 Å². The highest BCUT2D eigenvalue weighted by atomic mass is 35.5. The van der Waals surface area contributed by atoms with E-state index < -0.39 is 18.8 Å². The van der Waals surface area contributed by atoms with E-state index in [1.54, 1.807) is 19.9 Å². The Bertz CT molecular complexity index is 1080. The molecule has 3 heterocycles. The summed E-state index contributed by atoms with van der Waals surface area (Å²) in [4.78, 5) is 19.7. The van der Waals surface area contributed by atoms with Crippen molar-refractivity contribution >= 4 is 23.2 Å². The smallest absolute Gasteiger partial charge is 0.422 e. The number of alkyl halides is 3. The number of aryl methyl sites for hydroxylation is 2. The zero-order valence-corrected chi connectivity index (χ0v) is 16.1. The minimum Gasteiger partial charge on any atom is -0.478 e. The van der Waals surface area contributed by atoms with Gasteiger partial charge in [-0.25, -0.2) is 19.3 Å². The standard InChI is InChI=1S/C17H14ClF3N4O4/c1-8-4-12-23-14(16(26)27-3)24-25(12)9(2)13(8)29-15-11(5-10(18)6-22-15)28-7-17(19,20)21/h4-6H,7H2,1-3H3. The van der Waals surface area contributed by atoms with Crippen LogP contribution in [0.1, 0.15) is 21.9 Å². The third-order valence-electron chi connectivity index (χ3n) is 3.73. The lowest BCUT2D eigenvalue weighted by molar-refractivity contribution is -0.153. The average molecular weight is 431 g/mol. The minimum absolute atomic E-state index is 0.0809. The van der Waals surface area contributed by atoms with Crippen LogP contribution in [0.5, 0.6) is 17.4 Å². The topological polar surface area (TPSA) is 87.8 Å². The number of hydrogen-bond donors (Lipinski definition) is 0. The lowest BCUT2D eigenvalue weighted by atomic mass is 10.2. The molecule has 29 heavy (non-hydrogen) atoms. The molecule has 3 rings (SSSR count). The lowest BCUT2D eigenvalue weighted by Crippen LogP contribution is -2.19. The highest BCUT2D eigenvalue weighted by molar-refractivity contribution is 6.30. The van der Waals surface area contributed by atoms with E-state index in [2.05, 4.69) is 19.8 Å². The largest absolute Gasteiger partial charge is 0.478 e. The molecule has 0 aliphatic heterocycles. The van der Waals surface area contributed by atoms with Crippen molar-refractivity contribution in [1.82, 2.24) is 19.6 Å². The Hall–Kier alpha value is -3.08. The van der Waals surface area contributed by atoms with Crippen molar-refractivity contribution in [1.29, 1.82) is 0 Å². The summed E-state index contributed by atoms with van der Waals surface area (Å²) >= 11 is 5.81. The van der Waals surface area contributed by atoms with Crippen molar-refractivity contribution in [2.75, 3.05) is 13.7 Å². The van der Waals surface area contributed by atoms with E-state index in [0.717, 1.165) is 0 Å². The first kappa shape index (κ1) is 20.6. The van der Waals surface area contributed by atoms with Crippen LogP contribution in [0, 0.1) is 13.8 Å². The lowest BCUT2D eigenvalue weighted by Gasteiger charge is -2.15. The van der Waals surface area contributed by atoms with E-state index in [1.807, 2.05) is 0 Å². The van der Waals surface area contributed by atoms with Crippen LogP contribution in [0.25, 0.3) is 5.65 Å². The van der Waals surface area contributed by atoms with Crippen LogP contribution >= 0.6 is 11.6 Å². The summed E-state index contributed by atoms with van der Waals surface area (Å²) in [6.45, 7) is 1.80. The Morgan fingerprint density at radius 2 is 2.00 bits per heavy atom. The van der Waals surface area contributed by atoms with E-state index >= 15 is 0 Å². The van der Waals surface area contributed by atoms with Crippen LogP contribution in [0.2, 0.25) is 5.02 Å². The number of rotatable bonds is 5. The summed E-state index contributed by atoms with van der Waals surface area (Å²) in [5, 5.41) is 4.14. The first-order valence-electron chi connectivity index (χ1n) is 8.07. The fraction of sp³-hybridized carbons (Fsp3) is 0.294. The number of methoxy groups -OCH3 is 1. The zero-order valence-electron chi connectivity index (χ0n) is 15.4. The second-order valence-electron chi connectivity index (χ2n) is 5.90. The van der Waals surface area contributed by atoms with Crippen molar-refractivity contribution in [3.05, 3.63) is 40.4 Å². The molecule has 0 N–H and O–H groups in total. The van der Waals surface area contributed by atoms with Crippen LogP contribution in [0.15, 0.2) is 18.3 Å². The van der Waals surface area contributed by atoms with Crippen LogP contribution in [-0.4, -0.2) is 45.4 Å². The SMILES string of the molecule is COC(=O)c1nc2cc(C)c(Oc3ncc(Cl)cc3OCC(F)(F)F)c(C)n2n1. The molecule has 0 unspecified atom stereocenters. The highest BCUT2D eigenvalue weighted by Crippen LogP contribution is 2.35. The van der Waals surface area contributed by atoms with Crippen molar-refractivity contribution < 1.29 is 32.2 Å². The Balaban J connectivity index is 2.01. The molecule has 0 saturated carbocycles. The number of esters is 1. The molecule has 0 fully saturated rings. The average Bonchev–Trinajstić information content (AvgIpc) is 3.07. The molecule has 12 heteroatoms. The normalized spacial score (nSPS) is 11.6. The highest BCUT2D eigenvalue weighted by Gasteiger charge is 2.29. The molecule has 0 spiro atoms. The molecule has 154 valence electrons. The maximum atomic E-state index is 12.5. The molecular weight excluding hydrogens is 417 g/mol. The zero-order chi connectivity index (χ0) is 21.3. The molecule has 0 aliphatic carbocycles. The molecule has 0 atom stereocenters. The van der Waals surface area contributed by atoms with Gasteiger partial charge in [-0.15, -0.1) is 5.10 Å². The Morgan fingerprint density at radius 3 is 2.66 bits per heavy atom. The van der Waals surface area contributed by atoms with Gasteiger partial charge in [-0.2, -0.15) is 13.2 Å². The van der Waals surface area contributed by atoms with Gasteiger partial charge in [0.25, 0.3) is 11.7 Å². The number of halogens is 4. The predicted octanol–water partition coefficient (Wildman–Crippen LogP) is 3.91. The number of carbonyl (C=O) groups excluding carboxylic acids is 1. The van der Waals surface area contributed by atoms with E-state index in [0.29, 0.717) is 16.9 Å². The summed E-state index contributed by atoms with van der Waals surface area (Å²) in [5.74, 6) is -1.09. The van der Waals surface area contributed by atoms with Crippen molar-refractivity contribution in [3.63, 3.8) is 0 Å². The minimum atomic E-state index is -4.55. The Labute approximate surface area is 167 Å². The van der Waals surface area contributed by atoms with Gasteiger partial charge in [0.2, 0.25) is 0 Å². The third-order valence-corrected chi connectivity index (χ3v) is 3.93. The van der Waals surface area contributed by atoms with E-state index in [4.69, 9.17) is 21.1 Å². The fourth-order valence-corrected chi connectivity index (χ4v) is 2.63. The fourth-order valence-electron chi connectivity index (χ4n) is 2.48. The third kappa shape index (κ3) is 4.50. The molecule has 0 aromatic carbocycles. The van der Waals surface area contributed by atoms with E-state index in [1.165, 1.54) is 23.9 Å². The van der Waals surface area contributed by atoms with Gasteiger partial charge < -0.3 is 14.2 Å². The molecule has 0 radical (unpaired) electrons. The predicted molar refractivity (Wildman–Crippen MR) is 94.7 cm³/mol. The van der Waals surface area contributed by atoms with Gasteiger partial charge in [0, 0.05) is 12.3 Å². The Kier molecular flexibility index (Phi) is 5.51. The van der Waals surface area contributed by atoms with Crippen LogP contribution in [0.3, 0.4) is 0 Å². The Morgan fingerprint density at radius 1 is 1.28 bits per heavy atom.